The Morgan fingerprint density at radius 2 is 1.77 bits per heavy atom. The van der Waals surface area contributed by atoms with Crippen LogP contribution in [0, 0.1) is 0 Å². The molecule has 0 radical (unpaired) electrons. The molecule has 0 spiro atoms. The lowest BCUT2D eigenvalue weighted by atomic mass is 9.94. The van der Waals surface area contributed by atoms with Gasteiger partial charge in [0.25, 0.3) is 0 Å². The molecule has 0 aromatic rings. The summed E-state index contributed by atoms with van der Waals surface area (Å²) in [5, 5.41) is 0. The van der Waals surface area contributed by atoms with Gasteiger partial charge in [-0.25, -0.2) is 0 Å². The summed E-state index contributed by atoms with van der Waals surface area (Å²) in [6.07, 6.45) is 10.9. The number of nitrogens with zero attached hydrogens (tertiary/aromatic N) is 1. The molecule has 2 N–H and O–H groups in total. The molecule has 0 aromatic carbocycles. The van der Waals surface area contributed by atoms with Gasteiger partial charge in [0, 0.05) is 25.2 Å². The molecule has 13 heavy (non-hydrogen) atoms. The Morgan fingerprint density at radius 1 is 1.15 bits per heavy atom. The maximum atomic E-state index is 6.29. The van der Waals surface area contributed by atoms with Gasteiger partial charge in [0.05, 0.1) is 0 Å². The molecule has 0 amide bonds. The number of nitrogens with two attached hydrogens (primary N) is 1. The van der Waals surface area contributed by atoms with Gasteiger partial charge >= 0.3 is 0 Å². The Balaban J connectivity index is 1.72. The Bertz CT molecular complexity index is 184. The van der Waals surface area contributed by atoms with Crippen LogP contribution in [0.1, 0.15) is 32.1 Å². The fraction of sp³-hybridized carbons (Fsp3) is 0.818. The average molecular weight is 180 g/mol. The van der Waals surface area contributed by atoms with Crippen LogP contribution in [0.5, 0.6) is 0 Å². The lowest BCUT2D eigenvalue weighted by Gasteiger charge is -2.26. The first-order valence-electron chi connectivity index (χ1n) is 5.45. The van der Waals surface area contributed by atoms with E-state index < -0.39 is 0 Å². The summed E-state index contributed by atoms with van der Waals surface area (Å²) in [5.41, 5.74) is 6.47. The van der Waals surface area contributed by atoms with Crippen LogP contribution in [0.2, 0.25) is 0 Å². The van der Waals surface area contributed by atoms with Gasteiger partial charge in [-0.1, -0.05) is 25.0 Å². The van der Waals surface area contributed by atoms with Gasteiger partial charge in [-0.15, -0.1) is 0 Å². The van der Waals surface area contributed by atoms with Crippen molar-refractivity contribution in [2.45, 2.75) is 37.6 Å². The first-order chi connectivity index (χ1) is 6.29. The maximum absolute atomic E-state index is 6.29. The highest BCUT2D eigenvalue weighted by atomic mass is 15.1. The number of hydrogen-bond donors (Lipinski definition) is 1. The van der Waals surface area contributed by atoms with Crippen LogP contribution in [0.15, 0.2) is 12.2 Å². The molecule has 1 aliphatic carbocycles. The molecule has 2 aliphatic rings. The predicted molar refractivity (Wildman–Crippen MR) is 55.6 cm³/mol. The fourth-order valence-electron chi connectivity index (χ4n) is 2.41. The van der Waals surface area contributed by atoms with E-state index in [4.69, 9.17) is 5.73 Å². The Kier molecular flexibility index (Phi) is 2.70. The lowest BCUT2D eigenvalue weighted by Crippen LogP contribution is -2.40. The largest absolute Gasteiger partial charge is 0.325 e. The summed E-state index contributed by atoms with van der Waals surface area (Å²) < 4.78 is 0. The highest BCUT2D eigenvalue weighted by Crippen LogP contribution is 2.30. The van der Waals surface area contributed by atoms with Crippen molar-refractivity contribution < 1.29 is 0 Å². The van der Waals surface area contributed by atoms with Gasteiger partial charge in [0.2, 0.25) is 0 Å². The third-order valence-corrected chi connectivity index (χ3v) is 3.42. The third kappa shape index (κ3) is 2.32. The summed E-state index contributed by atoms with van der Waals surface area (Å²) in [6.45, 7) is 3.45. The van der Waals surface area contributed by atoms with Crippen LogP contribution in [0.25, 0.3) is 0 Å². The molecule has 0 saturated heterocycles. The average Bonchev–Trinajstić information content (AvgIpc) is 2.72. The molecule has 2 heteroatoms. The molecule has 2 rings (SSSR count). The van der Waals surface area contributed by atoms with E-state index in [2.05, 4.69) is 17.1 Å². The molecule has 1 fully saturated rings. The molecule has 0 aromatic heterocycles. The quantitative estimate of drug-likeness (QED) is 0.667. The minimum absolute atomic E-state index is 0.183. The monoisotopic (exact) mass is 180 g/mol. The first kappa shape index (κ1) is 9.22. The summed E-state index contributed by atoms with van der Waals surface area (Å²) in [7, 11) is 0. The maximum Gasteiger partial charge on any atom is 0.0166 e. The van der Waals surface area contributed by atoms with Gasteiger partial charge in [0.1, 0.15) is 0 Å². The summed E-state index contributed by atoms with van der Waals surface area (Å²) >= 11 is 0. The molecule has 1 aliphatic heterocycles. The van der Waals surface area contributed by atoms with Gasteiger partial charge in [-0.05, 0) is 19.3 Å². The van der Waals surface area contributed by atoms with E-state index in [1.54, 1.807) is 0 Å². The summed E-state index contributed by atoms with van der Waals surface area (Å²) in [5.74, 6) is 0. The van der Waals surface area contributed by atoms with Crippen molar-refractivity contribution in [3.05, 3.63) is 12.2 Å². The van der Waals surface area contributed by atoms with Crippen molar-refractivity contribution >= 4 is 0 Å². The van der Waals surface area contributed by atoms with Crippen molar-refractivity contribution in [1.29, 1.82) is 0 Å². The van der Waals surface area contributed by atoms with Crippen LogP contribution in [-0.4, -0.2) is 30.1 Å². The molecule has 0 atom stereocenters. The molecule has 74 valence electrons. The summed E-state index contributed by atoms with van der Waals surface area (Å²) in [4.78, 5) is 2.47. The minimum atomic E-state index is 0.183. The van der Waals surface area contributed by atoms with Gasteiger partial charge < -0.3 is 5.73 Å². The molecule has 0 bridgehead atoms. The van der Waals surface area contributed by atoms with E-state index in [9.17, 15) is 0 Å². The number of rotatable bonds is 3. The third-order valence-electron chi connectivity index (χ3n) is 3.42. The van der Waals surface area contributed by atoms with Crippen molar-refractivity contribution in [3.63, 3.8) is 0 Å². The summed E-state index contributed by atoms with van der Waals surface area (Å²) in [6, 6.07) is 0. The second-order valence-electron chi connectivity index (χ2n) is 4.55. The van der Waals surface area contributed by atoms with E-state index in [1.165, 1.54) is 38.6 Å². The second-order valence-corrected chi connectivity index (χ2v) is 4.55. The Labute approximate surface area is 80.8 Å². The van der Waals surface area contributed by atoms with Crippen molar-refractivity contribution in [2.75, 3.05) is 19.6 Å². The SMILES string of the molecule is NC1(CCN2CC=CC2)CCCC1. The molecule has 2 nitrogen and oxygen atoms in total. The van der Waals surface area contributed by atoms with Crippen molar-refractivity contribution in [3.8, 4) is 0 Å². The molecule has 1 saturated carbocycles. The molecular formula is C11H20N2. The van der Waals surface area contributed by atoms with Crippen LogP contribution in [0.4, 0.5) is 0 Å². The van der Waals surface area contributed by atoms with E-state index >= 15 is 0 Å². The Hall–Kier alpha value is -0.340. The van der Waals surface area contributed by atoms with E-state index in [-0.39, 0.29) is 5.54 Å². The fourth-order valence-corrected chi connectivity index (χ4v) is 2.41. The molecule has 0 unspecified atom stereocenters. The van der Waals surface area contributed by atoms with Gasteiger partial charge in [0.15, 0.2) is 0 Å². The van der Waals surface area contributed by atoms with Crippen LogP contribution < -0.4 is 5.73 Å². The van der Waals surface area contributed by atoms with Gasteiger partial charge in [-0.2, -0.15) is 0 Å². The predicted octanol–water partition coefficient (Wildman–Crippen LogP) is 1.52. The highest BCUT2D eigenvalue weighted by molar-refractivity contribution is 4.97. The standard InChI is InChI=1S/C11H20N2/c12-11(5-1-2-6-11)7-10-13-8-3-4-9-13/h3-4H,1-2,5-10,12H2. The number of hydrogen-bond acceptors (Lipinski definition) is 2. The lowest BCUT2D eigenvalue weighted by molar-refractivity contribution is 0.289. The minimum Gasteiger partial charge on any atom is -0.325 e. The Morgan fingerprint density at radius 3 is 2.38 bits per heavy atom. The molecular weight excluding hydrogens is 160 g/mol. The van der Waals surface area contributed by atoms with Crippen LogP contribution >= 0.6 is 0 Å². The smallest absolute Gasteiger partial charge is 0.0166 e. The van der Waals surface area contributed by atoms with Crippen molar-refractivity contribution in [1.82, 2.24) is 4.90 Å². The topological polar surface area (TPSA) is 29.3 Å². The first-order valence-corrected chi connectivity index (χ1v) is 5.45. The zero-order valence-corrected chi connectivity index (χ0v) is 8.34. The van der Waals surface area contributed by atoms with Crippen molar-refractivity contribution in [2.24, 2.45) is 5.73 Å². The van der Waals surface area contributed by atoms with E-state index in [1.807, 2.05) is 0 Å². The van der Waals surface area contributed by atoms with Crippen LogP contribution in [-0.2, 0) is 0 Å². The van der Waals surface area contributed by atoms with E-state index in [0.717, 1.165) is 13.1 Å². The molecule has 1 heterocycles. The highest BCUT2D eigenvalue weighted by Gasteiger charge is 2.29. The van der Waals surface area contributed by atoms with Gasteiger partial charge in [-0.3, -0.25) is 4.90 Å². The zero-order chi connectivity index (χ0) is 9.15. The van der Waals surface area contributed by atoms with E-state index in [0.29, 0.717) is 0 Å². The zero-order valence-electron chi connectivity index (χ0n) is 8.34. The second kappa shape index (κ2) is 3.81. The normalized spacial score (nSPS) is 27.2. The van der Waals surface area contributed by atoms with Crippen LogP contribution in [0.3, 0.4) is 0 Å².